The molecule has 1 aromatic heterocycles. The van der Waals surface area contributed by atoms with Gasteiger partial charge in [-0.25, -0.2) is 10.2 Å². The highest BCUT2D eigenvalue weighted by Crippen LogP contribution is 2.78. The molecule has 6 rings (SSSR count). The van der Waals surface area contributed by atoms with Crippen molar-refractivity contribution in [2.45, 2.75) is 134 Å². The van der Waals surface area contributed by atoms with Crippen LogP contribution >= 0.6 is 0 Å². The fourth-order valence-electron chi connectivity index (χ4n) is 10.8. The number of fused-ring (bicyclic) bond motifs is 3. The molecular weight excluding hydrogens is 674 g/mol. The molecule has 4 saturated carbocycles. The number of nitrogens with one attached hydrogen (secondary N) is 2. The highest BCUT2D eigenvalue weighted by molar-refractivity contribution is 5.79. The summed E-state index contributed by atoms with van der Waals surface area (Å²) in [7, 11) is 0. The number of hydrogen-bond donors (Lipinski definition) is 5. The molecule has 15 nitrogen and oxygen atoms in total. The molecule has 1 spiro atoms. The van der Waals surface area contributed by atoms with Gasteiger partial charge in [0, 0.05) is 43.7 Å². The number of guanidine groups is 1. The molecule has 4 unspecified atom stereocenters. The van der Waals surface area contributed by atoms with Crippen LogP contribution in [0.4, 0.5) is 0 Å². The van der Waals surface area contributed by atoms with Crippen LogP contribution in [-0.4, -0.2) is 71.4 Å². The number of aliphatic imine (C=N–C) groups is 1. The first-order valence-corrected chi connectivity index (χ1v) is 18.7. The Morgan fingerprint density at radius 3 is 2.52 bits per heavy atom. The van der Waals surface area contributed by atoms with E-state index in [4.69, 9.17) is 35.2 Å². The summed E-state index contributed by atoms with van der Waals surface area (Å²) >= 11 is 0. The molecule has 286 valence electrons. The van der Waals surface area contributed by atoms with Crippen LogP contribution < -0.4 is 27.9 Å². The van der Waals surface area contributed by atoms with E-state index in [2.05, 4.69) is 29.7 Å². The zero-order chi connectivity index (χ0) is 37.4. The standard InChI is InChI=1S/C37H53N5O10/c1-20(43)50-31-30(21-9-12-29(47)49-19-21)36(3)16-14-24-25(37(36)32(31)52-37)11-10-22-18-23(13-15-35(22,24)2)51-33(48)26(6-5-17-40-34(38)39)41-42-27(44)7-4-8-28(45)46/h9,12,19,22-26,30-32,41H,4-8,10-11,13-18H2,1-3H3,(H,42,44)(H,45,46)(H4,38,39,40)/t22?,23?,24-,25+,26-,30-,31?,32?,35-,36+,37+/m0/s1. The fourth-order valence-corrected chi connectivity index (χ4v) is 10.8. The van der Waals surface area contributed by atoms with Crippen molar-refractivity contribution in [3.8, 4) is 0 Å². The van der Waals surface area contributed by atoms with Crippen molar-refractivity contribution in [3.05, 3.63) is 34.4 Å². The summed E-state index contributed by atoms with van der Waals surface area (Å²) in [6.07, 6.45) is 7.49. The summed E-state index contributed by atoms with van der Waals surface area (Å²) < 4.78 is 24.1. The average molecular weight is 728 g/mol. The highest BCUT2D eigenvalue weighted by atomic mass is 16.7. The van der Waals surface area contributed by atoms with Crippen LogP contribution in [0.1, 0.15) is 109 Å². The van der Waals surface area contributed by atoms with Crippen molar-refractivity contribution in [1.82, 2.24) is 10.9 Å². The summed E-state index contributed by atoms with van der Waals surface area (Å²) in [6, 6.07) is 2.39. The van der Waals surface area contributed by atoms with Gasteiger partial charge in [0.25, 0.3) is 0 Å². The second-order valence-corrected chi connectivity index (χ2v) is 16.0. The smallest absolute Gasteiger partial charge is 0.335 e. The Kier molecular flexibility index (Phi) is 10.8. The number of carboxylic acid groups (broad SMARTS) is 1. The molecule has 52 heavy (non-hydrogen) atoms. The van der Waals surface area contributed by atoms with Crippen molar-refractivity contribution in [3.63, 3.8) is 0 Å². The maximum Gasteiger partial charge on any atom is 0.335 e. The lowest BCUT2D eigenvalue weighted by atomic mass is 9.44. The zero-order valence-corrected chi connectivity index (χ0v) is 30.3. The Morgan fingerprint density at radius 2 is 1.83 bits per heavy atom. The molecular formula is C37H53N5O10. The van der Waals surface area contributed by atoms with Gasteiger partial charge < -0.3 is 35.2 Å². The van der Waals surface area contributed by atoms with Gasteiger partial charge in [0.15, 0.2) is 5.96 Å². The van der Waals surface area contributed by atoms with Crippen LogP contribution in [0.25, 0.3) is 0 Å². The number of hydrogen-bond acceptors (Lipinski definition) is 11. The first kappa shape index (κ1) is 37.8. The summed E-state index contributed by atoms with van der Waals surface area (Å²) in [5, 5.41) is 8.86. The third-order valence-corrected chi connectivity index (χ3v) is 13.1. The molecule has 1 aliphatic heterocycles. The molecule has 0 bridgehead atoms. The van der Waals surface area contributed by atoms with Crippen molar-refractivity contribution in [2.24, 2.45) is 45.0 Å². The van der Waals surface area contributed by atoms with Gasteiger partial charge in [0.05, 0.1) is 6.26 Å². The van der Waals surface area contributed by atoms with E-state index in [9.17, 15) is 24.0 Å². The number of carbonyl (C=O) groups is 4. The zero-order valence-electron chi connectivity index (χ0n) is 30.3. The average Bonchev–Trinajstić information content (AvgIpc) is 3.78. The minimum absolute atomic E-state index is 0.00173. The van der Waals surface area contributed by atoms with Crippen molar-refractivity contribution < 1.29 is 42.9 Å². The molecule has 11 atom stereocenters. The number of esters is 2. The van der Waals surface area contributed by atoms with E-state index in [-0.39, 0.29) is 66.1 Å². The molecule has 7 N–H and O–H groups in total. The van der Waals surface area contributed by atoms with Crippen LogP contribution in [0, 0.1) is 28.6 Å². The highest BCUT2D eigenvalue weighted by Gasteiger charge is 2.84. The molecule has 0 radical (unpaired) electrons. The van der Waals surface area contributed by atoms with Gasteiger partial charge in [0.2, 0.25) is 5.91 Å². The first-order valence-electron chi connectivity index (χ1n) is 18.7. The minimum atomic E-state index is -0.980. The number of aliphatic carboxylic acids is 1. The number of hydrazine groups is 1. The molecule has 4 aliphatic carbocycles. The number of nitrogens with zero attached hydrogens (tertiary/aromatic N) is 1. The minimum Gasteiger partial charge on any atom is -0.481 e. The summed E-state index contributed by atoms with van der Waals surface area (Å²) in [5.74, 6) is -1.43. The van der Waals surface area contributed by atoms with Gasteiger partial charge in [-0.3, -0.25) is 29.6 Å². The summed E-state index contributed by atoms with van der Waals surface area (Å²) in [5.41, 5.74) is 15.9. The van der Waals surface area contributed by atoms with Crippen LogP contribution in [0.5, 0.6) is 0 Å². The van der Waals surface area contributed by atoms with Gasteiger partial charge in [-0.05, 0) is 99.0 Å². The largest absolute Gasteiger partial charge is 0.481 e. The van der Waals surface area contributed by atoms with E-state index in [0.717, 1.165) is 44.1 Å². The Balaban J connectivity index is 1.12. The predicted molar refractivity (Wildman–Crippen MR) is 186 cm³/mol. The SMILES string of the molecule is CC(=O)OC1C2O[C@]23[C@@H]2CCC4CC(OC(=O)[C@H](CCCN=C(N)N)NNC(=O)CCCC(=O)O)CC[C@]4(C)[C@H]2CC[C@]3(C)[C@H]1c1ccc(=O)oc1. The van der Waals surface area contributed by atoms with Crippen molar-refractivity contribution in [2.75, 3.05) is 6.54 Å². The number of rotatable bonds is 14. The molecule has 2 heterocycles. The maximum absolute atomic E-state index is 13.5. The number of carbonyl (C=O) groups excluding carboxylic acids is 3. The van der Waals surface area contributed by atoms with Crippen LogP contribution in [0.2, 0.25) is 0 Å². The molecule has 15 heteroatoms. The monoisotopic (exact) mass is 727 g/mol. The molecule has 1 saturated heterocycles. The molecule has 5 fully saturated rings. The molecule has 5 aliphatic rings. The van der Waals surface area contributed by atoms with Gasteiger partial charge in [-0.1, -0.05) is 13.8 Å². The number of epoxide rings is 1. The van der Waals surface area contributed by atoms with E-state index in [1.54, 1.807) is 6.07 Å². The summed E-state index contributed by atoms with van der Waals surface area (Å²) in [6.45, 7) is 6.38. The summed E-state index contributed by atoms with van der Waals surface area (Å²) in [4.78, 5) is 64.8. The van der Waals surface area contributed by atoms with Crippen LogP contribution in [0.15, 0.2) is 32.6 Å². The Labute approximate surface area is 302 Å². The van der Waals surface area contributed by atoms with E-state index in [0.29, 0.717) is 37.6 Å². The Bertz CT molecular complexity index is 1610. The lowest BCUT2D eigenvalue weighted by Crippen LogP contribution is -2.58. The second kappa shape index (κ2) is 14.8. The lowest BCUT2D eigenvalue weighted by molar-refractivity contribution is -0.170. The van der Waals surface area contributed by atoms with Gasteiger partial charge in [0.1, 0.15) is 30.0 Å². The quantitative estimate of drug-likeness (QED) is 0.0463. The topological polar surface area (TPSA) is 238 Å². The van der Waals surface area contributed by atoms with E-state index < -0.39 is 41.2 Å². The van der Waals surface area contributed by atoms with Crippen LogP contribution in [0.3, 0.4) is 0 Å². The van der Waals surface area contributed by atoms with E-state index in [1.165, 1.54) is 19.3 Å². The molecule has 1 amide bonds. The van der Waals surface area contributed by atoms with E-state index in [1.807, 2.05) is 0 Å². The number of amides is 1. The Morgan fingerprint density at radius 1 is 1.04 bits per heavy atom. The number of ether oxygens (including phenoxy) is 3. The normalized spacial score (nSPS) is 36.1. The van der Waals surface area contributed by atoms with E-state index >= 15 is 0 Å². The fraction of sp³-hybridized carbons (Fsp3) is 0.730. The van der Waals surface area contributed by atoms with Gasteiger partial charge in [-0.15, -0.1) is 0 Å². The number of carboxylic acids is 1. The van der Waals surface area contributed by atoms with Crippen LogP contribution in [-0.2, 0) is 33.4 Å². The maximum atomic E-state index is 13.5. The number of nitrogens with two attached hydrogens (primary N) is 2. The molecule has 1 aromatic rings. The first-order chi connectivity index (χ1) is 24.7. The third-order valence-electron chi connectivity index (χ3n) is 13.1. The van der Waals surface area contributed by atoms with Gasteiger partial charge in [-0.2, -0.15) is 0 Å². The second-order valence-electron chi connectivity index (χ2n) is 16.0. The van der Waals surface area contributed by atoms with Crippen molar-refractivity contribution in [1.29, 1.82) is 0 Å². The van der Waals surface area contributed by atoms with Crippen molar-refractivity contribution >= 4 is 29.8 Å². The lowest BCUT2D eigenvalue weighted by Gasteiger charge is -2.61. The Hall–Kier alpha value is -3.98. The third kappa shape index (κ3) is 7.05. The predicted octanol–water partition coefficient (Wildman–Crippen LogP) is 2.65. The van der Waals surface area contributed by atoms with Gasteiger partial charge >= 0.3 is 23.5 Å². The molecule has 0 aromatic carbocycles.